The number of anilines is 1. The number of hydrogen-bond donors (Lipinski definition) is 1. The van der Waals surface area contributed by atoms with Crippen LogP contribution in [0.25, 0.3) is 0 Å². The lowest BCUT2D eigenvalue weighted by Gasteiger charge is -2.34. The number of hydrogen-bond acceptors (Lipinski definition) is 6. The summed E-state index contributed by atoms with van der Waals surface area (Å²) in [6, 6.07) is 18.0. The zero-order valence-corrected chi connectivity index (χ0v) is 20.4. The molecular weight excluding hydrogens is 470 g/mol. The van der Waals surface area contributed by atoms with E-state index in [1.165, 1.54) is 15.2 Å². The molecule has 1 amide bonds. The Balaban J connectivity index is 1.32. The third kappa shape index (κ3) is 4.61. The largest absolute Gasteiger partial charge is 0.379 e. The summed E-state index contributed by atoms with van der Waals surface area (Å²) in [5.41, 5.74) is 2.06. The summed E-state index contributed by atoms with van der Waals surface area (Å²) >= 11 is 1.67. The van der Waals surface area contributed by atoms with Gasteiger partial charge in [0.2, 0.25) is 0 Å². The molecule has 1 N–H and O–H groups in total. The van der Waals surface area contributed by atoms with E-state index in [4.69, 9.17) is 4.74 Å². The van der Waals surface area contributed by atoms with Gasteiger partial charge in [-0.2, -0.15) is 0 Å². The van der Waals surface area contributed by atoms with Gasteiger partial charge in [0, 0.05) is 36.6 Å². The maximum atomic E-state index is 13.4. The van der Waals surface area contributed by atoms with Crippen molar-refractivity contribution in [2.75, 3.05) is 43.7 Å². The molecule has 1 saturated heterocycles. The van der Waals surface area contributed by atoms with E-state index in [2.05, 4.69) is 16.3 Å². The van der Waals surface area contributed by atoms with Gasteiger partial charge in [0.1, 0.15) is 0 Å². The first-order valence-electron chi connectivity index (χ1n) is 11.4. The van der Waals surface area contributed by atoms with Crippen LogP contribution in [0.3, 0.4) is 0 Å². The third-order valence-electron chi connectivity index (χ3n) is 6.34. The topological polar surface area (TPSA) is 79.0 Å². The maximum Gasteiger partial charge on any atom is 0.264 e. The predicted molar refractivity (Wildman–Crippen MR) is 133 cm³/mol. The molecule has 0 spiro atoms. The first-order valence-corrected chi connectivity index (χ1v) is 13.7. The molecule has 0 bridgehead atoms. The molecule has 2 aliphatic rings. The van der Waals surface area contributed by atoms with E-state index in [1.54, 1.807) is 29.5 Å². The first kappa shape index (κ1) is 23.0. The molecule has 0 aliphatic carbocycles. The standard InChI is InChI=1S/C25H27N3O4S2/c29-25(26-18-23(24-9-4-16-33-24)27-12-14-32-15-13-27)20-6-3-7-21(17-20)34(30,31)28-11-10-19-5-1-2-8-22(19)28/h1-9,16-17,23H,10-15,18H2,(H,26,29)/t23-/m0/s1. The van der Waals surface area contributed by atoms with Gasteiger partial charge >= 0.3 is 0 Å². The highest BCUT2D eigenvalue weighted by molar-refractivity contribution is 7.92. The van der Waals surface area contributed by atoms with Gasteiger partial charge in [-0.05, 0) is 47.7 Å². The lowest BCUT2D eigenvalue weighted by Crippen LogP contribution is -2.43. The van der Waals surface area contributed by atoms with Crippen molar-refractivity contribution in [2.24, 2.45) is 0 Å². The molecule has 0 unspecified atom stereocenters. The summed E-state index contributed by atoms with van der Waals surface area (Å²) in [6.45, 7) is 3.81. The molecule has 0 saturated carbocycles. The summed E-state index contributed by atoms with van der Waals surface area (Å²) in [5, 5.41) is 5.06. The molecule has 1 atom stereocenters. The molecule has 178 valence electrons. The number of para-hydroxylation sites is 1. The molecule has 2 aromatic carbocycles. The van der Waals surface area contributed by atoms with Crippen molar-refractivity contribution >= 4 is 33.0 Å². The van der Waals surface area contributed by atoms with Crippen LogP contribution in [0, 0.1) is 0 Å². The molecule has 9 heteroatoms. The van der Waals surface area contributed by atoms with Gasteiger partial charge in [0.25, 0.3) is 15.9 Å². The Kier molecular flexibility index (Phi) is 6.69. The number of rotatable bonds is 7. The SMILES string of the molecule is O=C(NC[C@@H](c1cccs1)N1CCOCC1)c1cccc(S(=O)(=O)N2CCc3ccccc32)c1. The average molecular weight is 498 g/mol. The van der Waals surface area contributed by atoms with Gasteiger partial charge in [-0.1, -0.05) is 30.3 Å². The number of carbonyl (C=O) groups excluding carboxylic acids is 1. The number of nitrogens with zero attached hydrogens (tertiary/aromatic N) is 2. The van der Waals surface area contributed by atoms with E-state index in [-0.39, 0.29) is 16.8 Å². The van der Waals surface area contributed by atoms with Gasteiger partial charge < -0.3 is 10.1 Å². The molecule has 1 aromatic heterocycles. The third-order valence-corrected chi connectivity index (χ3v) is 9.13. The van der Waals surface area contributed by atoms with Crippen molar-refractivity contribution < 1.29 is 17.9 Å². The van der Waals surface area contributed by atoms with Crippen LogP contribution >= 0.6 is 11.3 Å². The molecular formula is C25H27N3O4S2. The highest BCUT2D eigenvalue weighted by Crippen LogP contribution is 2.33. The molecule has 2 aliphatic heterocycles. The second kappa shape index (κ2) is 9.87. The highest BCUT2D eigenvalue weighted by atomic mass is 32.2. The second-order valence-electron chi connectivity index (χ2n) is 8.37. The van der Waals surface area contributed by atoms with Crippen LogP contribution in [0.2, 0.25) is 0 Å². The molecule has 5 rings (SSSR count). The van der Waals surface area contributed by atoms with Crippen LogP contribution in [-0.2, 0) is 21.2 Å². The smallest absolute Gasteiger partial charge is 0.264 e. The van der Waals surface area contributed by atoms with Crippen LogP contribution in [0.5, 0.6) is 0 Å². The Hall–Kier alpha value is -2.72. The van der Waals surface area contributed by atoms with Crippen LogP contribution in [0.4, 0.5) is 5.69 Å². The Bertz CT molecular complexity index is 1250. The monoisotopic (exact) mass is 497 g/mol. The van der Waals surface area contributed by atoms with Crippen molar-refractivity contribution in [3.63, 3.8) is 0 Å². The summed E-state index contributed by atoms with van der Waals surface area (Å²) in [4.78, 5) is 16.7. The summed E-state index contributed by atoms with van der Waals surface area (Å²) in [5.74, 6) is -0.284. The Morgan fingerprint density at radius 1 is 1.03 bits per heavy atom. The van der Waals surface area contributed by atoms with Crippen molar-refractivity contribution in [1.82, 2.24) is 10.2 Å². The minimum Gasteiger partial charge on any atom is -0.379 e. The fourth-order valence-electron chi connectivity index (χ4n) is 4.55. The number of carbonyl (C=O) groups is 1. The van der Waals surface area contributed by atoms with Crippen molar-refractivity contribution in [1.29, 1.82) is 0 Å². The second-order valence-corrected chi connectivity index (χ2v) is 11.2. The van der Waals surface area contributed by atoms with E-state index in [0.717, 1.165) is 18.7 Å². The fourth-order valence-corrected chi connectivity index (χ4v) is 6.96. The lowest BCUT2D eigenvalue weighted by atomic mass is 10.1. The van der Waals surface area contributed by atoms with E-state index >= 15 is 0 Å². The first-order chi connectivity index (χ1) is 16.5. The van der Waals surface area contributed by atoms with Crippen LogP contribution in [0.15, 0.2) is 70.9 Å². The summed E-state index contributed by atoms with van der Waals surface area (Å²) < 4.78 is 33.7. The van der Waals surface area contributed by atoms with Crippen LogP contribution < -0.4 is 9.62 Å². The number of benzene rings is 2. The number of sulfonamides is 1. The maximum absolute atomic E-state index is 13.4. The number of ether oxygens (including phenoxy) is 1. The number of nitrogens with one attached hydrogen (secondary N) is 1. The van der Waals surface area contributed by atoms with E-state index in [1.807, 2.05) is 35.7 Å². The zero-order valence-electron chi connectivity index (χ0n) is 18.7. The van der Waals surface area contributed by atoms with Crippen molar-refractivity contribution in [3.05, 3.63) is 82.0 Å². The Morgan fingerprint density at radius 2 is 1.85 bits per heavy atom. The van der Waals surface area contributed by atoms with E-state index in [9.17, 15) is 13.2 Å². The minimum absolute atomic E-state index is 0.0564. The molecule has 7 nitrogen and oxygen atoms in total. The van der Waals surface area contributed by atoms with Crippen molar-refractivity contribution in [3.8, 4) is 0 Å². The van der Waals surface area contributed by atoms with E-state index < -0.39 is 10.0 Å². The van der Waals surface area contributed by atoms with Crippen LogP contribution in [-0.4, -0.2) is 58.6 Å². The molecule has 0 radical (unpaired) electrons. The Labute approximate surface area is 204 Å². The zero-order chi connectivity index (χ0) is 23.5. The molecule has 3 heterocycles. The van der Waals surface area contributed by atoms with E-state index in [0.29, 0.717) is 44.0 Å². The molecule has 3 aromatic rings. The normalized spacial score (nSPS) is 17.4. The number of thiophene rings is 1. The predicted octanol–water partition coefficient (Wildman–Crippen LogP) is 3.30. The van der Waals surface area contributed by atoms with Crippen LogP contribution in [0.1, 0.15) is 26.8 Å². The van der Waals surface area contributed by atoms with Gasteiger partial charge in [-0.25, -0.2) is 8.42 Å². The average Bonchev–Trinajstić information content (AvgIpc) is 3.56. The highest BCUT2D eigenvalue weighted by Gasteiger charge is 2.31. The lowest BCUT2D eigenvalue weighted by molar-refractivity contribution is 0.0169. The number of morpholine rings is 1. The molecule has 34 heavy (non-hydrogen) atoms. The van der Waals surface area contributed by atoms with Gasteiger partial charge in [0.05, 0.1) is 29.8 Å². The van der Waals surface area contributed by atoms with Gasteiger partial charge in [-0.15, -0.1) is 11.3 Å². The number of amides is 1. The summed E-state index contributed by atoms with van der Waals surface area (Å²) in [7, 11) is -3.76. The van der Waals surface area contributed by atoms with Gasteiger partial charge in [0.15, 0.2) is 0 Å². The Morgan fingerprint density at radius 3 is 2.65 bits per heavy atom. The van der Waals surface area contributed by atoms with Crippen molar-refractivity contribution in [2.45, 2.75) is 17.4 Å². The molecule has 1 fully saturated rings. The number of fused-ring (bicyclic) bond motifs is 1. The van der Waals surface area contributed by atoms with Gasteiger partial charge in [-0.3, -0.25) is 14.0 Å². The fraction of sp³-hybridized carbons (Fsp3) is 0.320. The minimum atomic E-state index is -3.76. The summed E-state index contributed by atoms with van der Waals surface area (Å²) in [6.07, 6.45) is 0.682. The quantitative estimate of drug-likeness (QED) is 0.542.